The Bertz CT molecular complexity index is 653. The number of thiophene rings is 1. The first-order valence-electron chi connectivity index (χ1n) is 6.25. The predicted molar refractivity (Wildman–Crippen MR) is 83.6 cm³/mol. The minimum Gasteiger partial charge on any atom is -0.206 e. The molecular weight excluding hydrogens is 314 g/mol. The first-order valence-corrected chi connectivity index (χ1v) is 9.10. The summed E-state index contributed by atoms with van der Waals surface area (Å²) in [5.74, 6) is 0.330. The van der Waals surface area contributed by atoms with E-state index in [0.29, 0.717) is 23.2 Å². The van der Waals surface area contributed by atoms with E-state index in [2.05, 4.69) is 0 Å². The van der Waals surface area contributed by atoms with Gasteiger partial charge in [-0.3, -0.25) is 0 Å². The average molecular weight is 330 g/mol. The number of alkyl halides is 1. The van der Waals surface area contributed by atoms with E-state index in [1.54, 1.807) is 11.4 Å². The normalized spacial score (nSPS) is 11.9. The minimum absolute atomic E-state index is 0.330. The van der Waals surface area contributed by atoms with Crippen LogP contribution in [0.25, 0.3) is 0 Å². The summed E-state index contributed by atoms with van der Waals surface area (Å²) in [4.78, 5) is 0. The first-order chi connectivity index (χ1) is 9.57. The molecule has 0 saturated carbocycles. The number of nitrogens with zero attached hydrogens (tertiary/aromatic N) is 1. The molecule has 0 saturated heterocycles. The fourth-order valence-electron chi connectivity index (χ4n) is 1.84. The van der Waals surface area contributed by atoms with Gasteiger partial charge in [-0.1, -0.05) is 37.3 Å². The summed E-state index contributed by atoms with van der Waals surface area (Å²) >= 11 is 6.95. The molecule has 1 aromatic heterocycles. The Hall–Kier alpha value is -0.880. The zero-order chi connectivity index (χ0) is 14.6. The number of hydrogen-bond donors (Lipinski definition) is 0. The monoisotopic (exact) mass is 329 g/mol. The Morgan fingerprint density at radius 2 is 1.90 bits per heavy atom. The Labute approximate surface area is 128 Å². The molecule has 20 heavy (non-hydrogen) atoms. The van der Waals surface area contributed by atoms with E-state index in [9.17, 15) is 8.42 Å². The van der Waals surface area contributed by atoms with Gasteiger partial charge in [-0.2, -0.15) is 4.31 Å². The van der Waals surface area contributed by atoms with Gasteiger partial charge >= 0.3 is 0 Å². The van der Waals surface area contributed by atoms with Gasteiger partial charge in [-0.15, -0.1) is 22.9 Å². The molecule has 1 aromatic carbocycles. The molecule has 0 spiro atoms. The van der Waals surface area contributed by atoms with Crippen LogP contribution < -0.4 is 0 Å². The van der Waals surface area contributed by atoms with Crippen LogP contribution in [0.4, 0.5) is 0 Å². The van der Waals surface area contributed by atoms with Gasteiger partial charge < -0.3 is 0 Å². The zero-order valence-electron chi connectivity index (χ0n) is 11.1. The molecule has 3 nitrogen and oxygen atoms in total. The Kier molecular flexibility index (Phi) is 5.21. The lowest BCUT2D eigenvalue weighted by Gasteiger charge is -2.19. The topological polar surface area (TPSA) is 37.4 Å². The van der Waals surface area contributed by atoms with Crippen LogP contribution >= 0.6 is 22.9 Å². The molecule has 0 fully saturated rings. The molecule has 0 aliphatic heterocycles. The SMILES string of the molecule is CCN(Cc1ccccc1)S(=O)(=O)c1cc(CCl)cs1. The van der Waals surface area contributed by atoms with Crippen LogP contribution in [0.5, 0.6) is 0 Å². The van der Waals surface area contributed by atoms with Crippen molar-refractivity contribution < 1.29 is 8.42 Å². The second kappa shape index (κ2) is 6.72. The molecular formula is C14H16ClNO2S2. The van der Waals surface area contributed by atoms with E-state index in [0.717, 1.165) is 11.1 Å². The van der Waals surface area contributed by atoms with Gasteiger partial charge in [0.2, 0.25) is 0 Å². The van der Waals surface area contributed by atoms with E-state index >= 15 is 0 Å². The lowest BCUT2D eigenvalue weighted by molar-refractivity contribution is 0.425. The molecule has 1 heterocycles. The molecule has 0 amide bonds. The van der Waals surface area contributed by atoms with Crippen molar-refractivity contribution in [3.8, 4) is 0 Å². The van der Waals surface area contributed by atoms with Crippen molar-refractivity contribution in [2.75, 3.05) is 6.54 Å². The molecule has 6 heteroatoms. The highest BCUT2D eigenvalue weighted by atomic mass is 35.5. The van der Waals surface area contributed by atoms with E-state index in [4.69, 9.17) is 11.6 Å². The van der Waals surface area contributed by atoms with Gasteiger partial charge in [0, 0.05) is 19.0 Å². The highest BCUT2D eigenvalue weighted by molar-refractivity contribution is 7.91. The second-order valence-corrected chi connectivity index (χ2v) is 7.67. The molecule has 0 N–H and O–H groups in total. The Morgan fingerprint density at radius 3 is 2.45 bits per heavy atom. The van der Waals surface area contributed by atoms with Crippen LogP contribution in [0.1, 0.15) is 18.1 Å². The van der Waals surface area contributed by atoms with Gasteiger partial charge in [0.05, 0.1) is 0 Å². The van der Waals surface area contributed by atoms with Gasteiger partial charge in [-0.25, -0.2) is 8.42 Å². The standard InChI is InChI=1S/C14H16ClNO2S2/c1-2-16(10-12-6-4-3-5-7-12)20(17,18)14-8-13(9-15)11-19-14/h3-8,11H,2,9-10H2,1H3. The largest absolute Gasteiger partial charge is 0.252 e. The maximum Gasteiger partial charge on any atom is 0.252 e. The van der Waals surface area contributed by atoms with Crippen molar-refractivity contribution in [2.24, 2.45) is 0 Å². The Morgan fingerprint density at radius 1 is 1.20 bits per heavy atom. The van der Waals surface area contributed by atoms with Crippen LogP contribution in [0, 0.1) is 0 Å². The number of sulfonamides is 1. The third kappa shape index (κ3) is 3.41. The highest BCUT2D eigenvalue weighted by Gasteiger charge is 2.24. The molecule has 108 valence electrons. The van der Waals surface area contributed by atoms with Gasteiger partial charge in [0.1, 0.15) is 4.21 Å². The molecule has 0 unspecified atom stereocenters. The van der Waals surface area contributed by atoms with Crippen molar-refractivity contribution >= 4 is 33.0 Å². The predicted octanol–water partition coefficient (Wildman–Crippen LogP) is 3.70. The molecule has 2 aromatic rings. The summed E-state index contributed by atoms with van der Waals surface area (Å²) in [5.41, 5.74) is 1.82. The maximum absolute atomic E-state index is 12.6. The van der Waals surface area contributed by atoms with Gasteiger partial charge in [-0.05, 0) is 22.6 Å². The van der Waals surface area contributed by atoms with Crippen LogP contribution in [0.15, 0.2) is 46.0 Å². The summed E-state index contributed by atoms with van der Waals surface area (Å²) in [6.45, 7) is 2.66. The van der Waals surface area contributed by atoms with Crippen LogP contribution in [-0.4, -0.2) is 19.3 Å². The number of rotatable bonds is 6. The van der Waals surface area contributed by atoms with E-state index < -0.39 is 10.0 Å². The van der Waals surface area contributed by atoms with Crippen LogP contribution in [-0.2, 0) is 22.4 Å². The van der Waals surface area contributed by atoms with E-state index in [1.165, 1.54) is 15.6 Å². The summed E-state index contributed by atoms with van der Waals surface area (Å²) in [6.07, 6.45) is 0. The van der Waals surface area contributed by atoms with Crippen molar-refractivity contribution in [1.29, 1.82) is 0 Å². The molecule has 0 atom stereocenters. The summed E-state index contributed by atoms with van der Waals surface area (Å²) in [5, 5.41) is 1.79. The number of hydrogen-bond acceptors (Lipinski definition) is 3. The first kappa shape index (κ1) is 15.5. The van der Waals surface area contributed by atoms with Crippen molar-refractivity contribution in [2.45, 2.75) is 23.6 Å². The van der Waals surface area contributed by atoms with Crippen molar-refractivity contribution in [3.63, 3.8) is 0 Å². The third-order valence-corrected chi connectivity index (χ3v) is 6.63. The Balaban J connectivity index is 2.25. The van der Waals surface area contributed by atoms with Crippen LogP contribution in [0.2, 0.25) is 0 Å². The fourth-order valence-corrected chi connectivity index (χ4v) is 4.88. The smallest absolute Gasteiger partial charge is 0.206 e. The summed E-state index contributed by atoms with van der Waals surface area (Å²) in [6, 6.07) is 11.2. The zero-order valence-corrected chi connectivity index (χ0v) is 13.5. The van der Waals surface area contributed by atoms with Gasteiger partial charge in [0.25, 0.3) is 10.0 Å². The highest BCUT2D eigenvalue weighted by Crippen LogP contribution is 2.25. The second-order valence-electron chi connectivity index (χ2n) is 4.32. The van der Waals surface area contributed by atoms with Crippen LogP contribution in [0.3, 0.4) is 0 Å². The molecule has 2 rings (SSSR count). The average Bonchev–Trinajstić information content (AvgIpc) is 2.95. The maximum atomic E-state index is 12.6. The fraction of sp³-hybridized carbons (Fsp3) is 0.286. The quantitative estimate of drug-likeness (QED) is 0.758. The lowest BCUT2D eigenvalue weighted by Crippen LogP contribution is -2.29. The summed E-state index contributed by atoms with van der Waals surface area (Å²) in [7, 11) is -3.45. The van der Waals surface area contributed by atoms with Gasteiger partial charge in [0.15, 0.2) is 0 Å². The summed E-state index contributed by atoms with van der Waals surface area (Å²) < 4.78 is 27.0. The van der Waals surface area contributed by atoms with Crippen molar-refractivity contribution in [1.82, 2.24) is 4.31 Å². The molecule has 0 radical (unpaired) electrons. The number of benzene rings is 1. The van der Waals surface area contributed by atoms with E-state index in [1.807, 2.05) is 37.3 Å². The van der Waals surface area contributed by atoms with E-state index in [-0.39, 0.29) is 0 Å². The minimum atomic E-state index is -3.45. The lowest BCUT2D eigenvalue weighted by atomic mass is 10.2. The third-order valence-electron chi connectivity index (χ3n) is 2.93. The molecule has 0 bridgehead atoms. The number of halogens is 1. The molecule has 0 aliphatic rings. The molecule has 0 aliphatic carbocycles. The van der Waals surface area contributed by atoms with Crippen molar-refractivity contribution in [3.05, 3.63) is 52.9 Å².